The van der Waals surface area contributed by atoms with Crippen LogP contribution in [0.2, 0.25) is 0 Å². The lowest BCUT2D eigenvalue weighted by atomic mass is 10.3. The highest BCUT2D eigenvalue weighted by Gasteiger charge is 2.65. The fraction of sp³-hybridized carbons (Fsp3) is 0.400. The first-order valence-corrected chi connectivity index (χ1v) is 8.40. The fourth-order valence-corrected chi connectivity index (χ4v) is 3.75. The van der Waals surface area contributed by atoms with Crippen molar-refractivity contribution >= 4 is 20.2 Å². The molecule has 5 nitrogen and oxygen atoms in total. The van der Waals surface area contributed by atoms with Gasteiger partial charge in [0.1, 0.15) is 5.54 Å². The van der Waals surface area contributed by atoms with Crippen molar-refractivity contribution in [1.29, 1.82) is 0 Å². The maximum Gasteiger partial charge on any atom is 0.407 e. The van der Waals surface area contributed by atoms with Gasteiger partial charge in [0.05, 0.1) is 9.79 Å². The first-order valence-electron chi connectivity index (χ1n) is 5.53. The second-order valence-electron chi connectivity index (χ2n) is 4.60. The topological polar surface area (TPSA) is 80.3 Å². The highest BCUT2D eigenvalue weighted by Crippen LogP contribution is 2.49. The minimum absolute atomic E-state index is 0.406. The maximum atomic E-state index is 12.8. The van der Waals surface area contributed by atoms with Crippen molar-refractivity contribution in [3.05, 3.63) is 24.3 Å². The predicted molar refractivity (Wildman–Crippen MR) is 63.1 cm³/mol. The Morgan fingerprint density at radius 1 is 1.05 bits per heavy atom. The molecule has 118 valence electrons. The molecule has 0 amide bonds. The number of hydrogen-bond acceptors (Lipinski definition) is 4. The summed E-state index contributed by atoms with van der Waals surface area (Å²) in [7, 11) is -9.78. The number of hydrogen-bond donors (Lipinski definition) is 1. The summed E-state index contributed by atoms with van der Waals surface area (Å²) in [5, 5.41) is 0. The van der Waals surface area contributed by atoms with Crippen LogP contribution in [0.15, 0.2) is 34.1 Å². The van der Waals surface area contributed by atoms with E-state index in [1.54, 1.807) is 0 Å². The molecule has 0 saturated heterocycles. The summed E-state index contributed by atoms with van der Waals surface area (Å²) in [5.74, 6) is 0. The van der Waals surface area contributed by atoms with E-state index in [1.165, 1.54) is 4.72 Å². The van der Waals surface area contributed by atoms with Gasteiger partial charge in [-0.15, -0.1) is 3.89 Å². The van der Waals surface area contributed by atoms with Crippen LogP contribution < -0.4 is 4.72 Å². The Morgan fingerprint density at radius 3 is 2.00 bits per heavy atom. The Bertz CT molecular complexity index is 766. The van der Waals surface area contributed by atoms with Crippen molar-refractivity contribution in [2.75, 3.05) is 0 Å². The third-order valence-electron chi connectivity index (χ3n) is 3.02. The van der Waals surface area contributed by atoms with Crippen molar-refractivity contribution in [2.24, 2.45) is 0 Å². The monoisotopic (exact) mass is 347 g/mol. The Morgan fingerprint density at radius 2 is 1.57 bits per heavy atom. The van der Waals surface area contributed by atoms with Gasteiger partial charge in [0.2, 0.25) is 10.0 Å². The van der Waals surface area contributed by atoms with Gasteiger partial charge in [-0.1, -0.05) is 6.07 Å². The highest BCUT2D eigenvalue weighted by molar-refractivity contribution is 7.89. The average Bonchev–Trinajstić information content (AvgIpc) is 3.08. The molecule has 1 saturated carbocycles. The summed E-state index contributed by atoms with van der Waals surface area (Å²) in [6.07, 6.45) is -5.57. The van der Waals surface area contributed by atoms with Crippen LogP contribution in [-0.4, -0.2) is 28.6 Å². The van der Waals surface area contributed by atoms with E-state index < -0.39 is 54.6 Å². The quantitative estimate of drug-likeness (QED) is 0.664. The second-order valence-corrected chi connectivity index (χ2v) is 7.63. The fourth-order valence-electron chi connectivity index (χ4n) is 1.68. The molecule has 1 aliphatic carbocycles. The zero-order valence-electron chi connectivity index (χ0n) is 10.2. The summed E-state index contributed by atoms with van der Waals surface area (Å²) < 4.78 is 97.7. The summed E-state index contributed by atoms with van der Waals surface area (Å²) >= 11 is 0. The molecule has 2 rings (SSSR count). The van der Waals surface area contributed by atoms with Crippen molar-refractivity contribution in [3.8, 4) is 0 Å². The lowest BCUT2D eigenvalue weighted by Gasteiger charge is -2.20. The van der Waals surface area contributed by atoms with Gasteiger partial charge in [-0.25, -0.2) is 8.42 Å². The number of nitrogens with one attached hydrogen (secondary N) is 1. The average molecular weight is 347 g/mol. The third kappa shape index (κ3) is 3.19. The number of alkyl halides is 3. The number of halogens is 4. The molecule has 1 fully saturated rings. The molecule has 11 heteroatoms. The van der Waals surface area contributed by atoms with Crippen molar-refractivity contribution < 1.29 is 33.9 Å². The van der Waals surface area contributed by atoms with Gasteiger partial charge in [-0.05, 0) is 31.0 Å². The van der Waals surface area contributed by atoms with Gasteiger partial charge in [0.15, 0.2) is 0 Å². The molecule has 1 aromatic rings. The number of rotatable bonds is 4. The van der Waals surface area contributed by atoms with E-state index in [-0.39, 0.29) is 0 Å². The van der Waals surface area contributed by atoms with E-state index in [4.69, 9.17) is 0 Å². The highest BCUT2D eigenvalue weighted by atomic mass is 32.3. The smallest absolute Gasteiger partial charge is 0.207 e. The van der Waals surface area contributed by atoms with Crippen LogP contribution in [0.1, 0.15) is 12.8 Å². The zero-order valence-corrected chi connectivity index (χ0v) is 11.8. The summed E-state index contributed by atoms with van der Waals surface area (Å²) in [5.41, 5.74) is -2.53. The lowest BCUT2D eigenvalue weighted by Crippen LogP contribution is -2.47. The molecule has 0 radical (unpaired) electrons. The van der Waals surface area contributed by atoms with Crippen LogP contribution in [0.4, 0.5) is 17.1 Å². The van der Waals surface area contributed by atoms with Crippen LogP contribution in [0.5, 0.6) is 0 Å². The first-order chi connectivity index (χ1) is 9.37. The molecule has 0 bridgehead atoms. The first kappa shape index (κ1) is 16.2. The Kier molecular flexibility index (Phi) is 3.58. The van der Waals surface area contributed by atoms with E-state index in [1.807, 2.05) is 0 Å². The van der Waals surface area contributed by atoms with E-state index in [0.717, 1.165) is 18.2 Å². The van der Waals surface area contributed by atoms with Crippen LogP contribution in [0, 0.1) is 0 Å². The van der Waals surface area contributed by atoms with E-state index in [2.05, 4.69) is 0 Å². The van der Waals surface area contributed by atoms with Gasteiger partial charge in [-0.2, -0.15) is 26.3 Å². The minimum Gasteiger partial charge on any atom is -0.207 e. The molecule has 0 unspecified atom stereocenters. The van der Waals surface area contributed by atoms with Crippen LogP contribution in [-0.2, 0) is 20.2 Å². The van der Waals surface area contributed by atoms with Crippen LogP contribution in [0.3, 0.4) is 0 Å². The SMILES string of the molecule is O=S(=O)(F)c1cccc(S(=O)(=O)NC2(C(F)(F)F)CC2)c1. The largest absolute Gasteiger partial charge is 0.407 e. The Balaban J connectivity index is 2.38. The number of sulfonamides is 1. The summed E-state index contributed by atoms with van der Waals surface area (Å²) in [6.45, 7) is 0. The minimum atomic E-state index is -5.16. The normalized spacial score (nSPS) is 18.5. The summed E-state index contributed by atoms with van der Waals surface area (Å²) in [4.78, 5) is -1.70. The third-order valence-corrected chi connectivity index (χ3v) is 5.37. The van der Waals surface area contributed by atoms with Crippen LogP contribution >= 0.6 is 0 Å². The molecule has 0 spiro atoms. The molecule has 0 aliphatic heterocycles. The molecule has 1 aliphatic rings. The molecule has 0 aromatic heterocycles. The van der Waals surface area contributed by atoms with Crippen molar-refractivity contribution in [3.63, 3.8) is 0 Å². The molecule has 1 aromatic carbocycles. The molecule has 1 N–H and O–H groups in total. The molecule has 0 atom stereocenters. The van der Waals surface area contributed by atoms with Gasteiger partial charge in [0.25, 0.3) is 0 Å². The standard InChI is InChI=1S/C10H9F4NO4S2/c11-10(12,13)9(4-5-9)15-21(18,19)8-3-1-2-7(6-8)20(14,16)17/h1-3,6,15H,4-5H2. The van der Waals surface area contributed by atoms with Crippen molar-refractivity contribution in [2.45, 2.75) is 34.3 Å². The van der Waals surface area contributed by atoms with E-state index >= 15 is 0 Å². The number of benzene rings is 1. The van der Waals surface area contributed by atoms with Gasteiger partial charge < -0.3 is 0 Å². The Hall–Kier alpha value is -1.20. The Labute approximate surface area is 118 Å². The molecular formula is C10H9F4NO4S2. The van der Waals surface area contributed by atoms with E-state index in [9.17, 15) is 33.9 Å². The van der Waals surface area contributed by atoms with Gasteiger partial charge >= 0.3 is 16.4 Å². The zero-order chi connectivity index (χ0) is 16.1. The summed E-state index contributed by atoms with van der Waals surface area (Å²) in [6, 6.07) is 3.06. The van der Waals surface area contributed by atoms with Gasteiger partial charge in [-0.3, -0.25) is 0 Å². The molecule has 21 heavy (non-hydrogen) atoms. The van der Waals surface area contributed by atoms with Crippen molar-refractivity contribution in [1.82, 2.24) is 4.72 Å². The van der Waals surface area contributed by atoms with Crippen LogP contribution in [0.25, 0.3) is 0 Å². The molecule has 0 heterocycles. The van der Waals surface area contributed by atoms with E-state index in [0.29, 0.717) is 6.07 Å². The maximum absolute atomic E-state index is 12.8. The lowest BCUT2D eigenvalue weighted by molar-refractivity contribution is -0.160. The second kappa shape index (κ2) is 4.65. The van der Waals surface area contributed by atoms with Gasteiger partial charge in [0, 0.05) is 0 Å². The predicted octanol–water partition coefficient (Wildman–Crippen LogP) is 1.72. The molecular weight excluding hydrogens is 338 g/mol.